The third-order valence-corrected chi connectivity index (χ3v) is 2.68. The zero-order valence-electron chi connectivity index (χ0n) is 7.93. The molecule has 1 aromatic heterocycles. The van der Waals surface area contributed by atoms with Gasteiger partial charge in [-0.15, -0.1) is 11.6 Å². The van der Waals surface area contributed by atoms with Crippen molar-refractivity contribution in [2.45, 2.75) is 19.4 Å². The number of amides is 1. The molecule has 1 rings (SSSR count). The van der Waals surface area contributed by atoms with Gasteiger partial charge in [0.25, 0.3) is 5.91 Å². The molecule has 1 N–H and O–H groups in total. The maximum absolute atomic E-state index is 11.5. The highest BCUT2D eigenvalue weighted by molar-refractivity contribution is 9.10. The molecule has 0 fully saturated rings. The second kappa shape index (κ2) is 4.36. The van der Waals surface area contributed by atoms with Crippen molar-refractivity contribution in [2.75, 3.05) is 5.88 Å². The van der Waals surface area contributed by atoms with Gasteiger partial charge in [-0.2, -0.15) is 0 Å². The lowest BCUT2D eigenvalue weighted by Crippen LogP contribution is -2.44. The van der Waals surface area contributed by atoms with Gasteiger partial charge in [0, 0.05) is 11.4 Å². The second-order valence-corrected chi connectivity index (χ2v) is 4.62. The lowest BCUT2D eigenvalue weighted by molar-refractivity contribution is 0.0891. The van der Waals surface area contributed by atoms with E-state index in [4.69, 9.17) is 16.0 Å². The average Bonchev–Trinajstić information content (AvgIpc) is 2.51. The monoisotopic (exact) mass is 279 g/mol. The molecule has 5 heteroatoms. The number of hydrogen-bond acceptors (Lipinski definition) is 2. The number of rotatable bonds is 3. The molecule has 1 heterocycles. The molecular weight excluding hydrogens is 269 g/mol. The molecular formula is C9H11BrClNO2. The lowest BCUT2D eigenvalue weighted by atomic mass is 10.1. The van der Waals surface area contributed by atoms with E-state index in [1.807, 2.05) is 13.8 Å². The van der Waals surface area contributed by atoms with Gasteiger partial charge in [-0.05, 0) is 41.9 Å². The first-order chi connectivity index (χ1) is 6.44. The minimum Gasteiger partial charge on any atom is -0.444 e. The number of carbonyl (C=O) groups excluding carboxylic acids is 1. The molecule has 0 aliphatic heterocycles. The van der Waals surface area contributed by atoms with E-state index in [0.717, 1.165) is 0 Å². The Labute approximate surface area is 95.9 Å². The Hall–Kier alpha value is -0.480. The molecule has 3 nitrogen and oxygen atoms in total. The van der Waals surface area contributed by atoms with Crippen LogP contribution >= 0.6 is 27.5 Å². The summed E-state index contributed by atoms with van der Waals surface area (Å²) in [5, 5.41) is 2.75. The minimum atomic E-state index is -0.433. The molecule has 1 amide bonds. The Balaban J connectivity index is 2.68. The molecule has 0 atom stereocenters. The summed E-state index contributed by atoms with van der Waals surface area (Å²) < 4.78 is 5.63. The van der Waals surface area contributed by atoms with Crippen LogP contribution in [0.25, 0.3) is 0 Å². The first-order valence-electron chi connectivity index (χ1n) is 4.08. The van der Waals surface area contributed by atoms with Crippen LogP contribution in [-0.4, -0.2) is 17.3 Å². The Bertz CT molecular complexity index is 335. The highest BCUT2D eigenvalue weighted by atomic mass is 79.9. The highest BCUT2D eigenvalue weighted by Gasteiger charge is 2.21. The van der Waals surface area contributed by atoms with Crippen LogP contribution < -0.4 is 5.32 Å². The van der Waals surface area contributed by atoms with Gasteiger partial charge in [-0.1, -0.05) is 0 Å². The van der Waals surface area contributed by atoms with Gasteiger partial charge >= 0.3 is 0 Å². The van der Waals surface area contributed by atoms with Gasteiger partial charge in [-0.3, -0.25) is 4.79 Å². The maximum atomic E-state index is 11.5. The van der Waals surface area contributed by atoms with Crippen LogP contribution in [-0.2, 0) is 0 Å². The molecule has 0 bridgehead atoms. The zero-order valence-corrected chi connectivity index (χ0v) is 10.3. The lowest BCUT2D eigenvalue weighted by Gasteiger charge is -2.22. The van der Waals surface area contributed by atoms with Crippen LogP contribution in [0.2, 0.25) is 0 Å². The van der Waals surface area contributed by atoms with Gasteiger partial charge in [0.15, 0.2) is 10.4 Å². The summed E-state index contributed by atoms with van der Waals surface area (Å²) in [6.07, 6.45) is 0. The molecule has 0 saturated heterocycles. The van der Waals surface area contributed by atoms with Crippen LogP contribution in [0.3, 0.4) is 0 Å². The van der Waals surface area contributed by atoms with Crippen molar-refractivity contribution in [1.82, 2.24) is 5.32 Å². The van der Waals surface area contributed by atoms with Crippen molar-refractivity contribution in [2.24, 2.45) is 0 Å². The maximum Gasteiger partial charge on any atom is 0.287 e. The first kappa shape index (κ1) is 11.6. The van der Waals surface area contributed by atoms with Gasteiger partial charge < -0.3 is 9.73 Å². The fraction of sp³-hybridized carbons (Fsp3) is 0.444. The Morgan fingerprint density at radius 1 is 1.64 bits per heavy atom. The number of halogens is 2. The minimum absolute atomic E-state index is 0.263. The van der Waals surface area contributed by atoms with Gasteiger partial charge in [0.2, 0.25) is 0 Å². The van der Waals surface area contributed by atoms with E-state index < -0.39 is 5.54 Å². The quantitative estimate of drug-likeness (QED) is 0.865. The SMILES string of the molecule is CC(C)(CCl)NC(=O)c1ccc(Br)o1. The molecule has 0 spiro atoms. The van der Waals surface area contributed by atoms with E-state index in [-0.39, 0.29) is 11.7 Å². The normalized spacial score (nSPS) is 11.4. The third-order valence-electron chi connectivity index (χ3n) is 1.58. The highest BCUT2D eigenvalue weighted by Crippen LogP contribution is 2.15. The molecule has 78 valence electrons. The van der Waals surface area contributed by atoms with E-state index in [1.165, 1.54) is 0 Å². The first-order valence-corrected chi connectivity index (χ1v) is 5.41. The van der Waals surface area contributed by atoms with Crippen molar-refractivity contribution >= 4 is 33.4 Å². The molecule has 0 aromatic carbocycles. The smallest absolute Gasteiger partial charge is 0.287 e. The summed E-state index contributed by atoms with van der Waals surface area (Å²) in [7, 11) is 0. The zero-order chi connectivity index (χ0) is 10.8. The molecule has 0 saturated carbocycles. The summed E-state index contributed by atoms with van der Waals surface area (Å²) in [6.45, 7) is 3.69. The van der Waals surface area contributed by atoms with E-state index >= 15 is 0 Å². The van der Waals surface area contributed by atoms with Crippen molar-refractivity contribution < 1.29 is 9.21 Å². The Morgan fingerprint density at radius 2 is 2.29 bits per heavy atom. The Kier molecular flexibility index (Phi) is 3.61. The Morgan fingerprint density at radius 3 is 2.71 bits per heavy atom. The van der Waals surface area contributed by atoms with E-state index in [9.17, 15) is 4.79 Å². The molecule has 14 heavy (non-hydrogen) atoms. The number of nitrogens with one attached hydrogen (secondary N) is 1. The van der Waals surface area contributed by atoms with Gasteiger partial charge in [-0.25, -0.2) is 0 Å². The summed E-state index contributed by atoms with van der Waals surface area (Å²) >= 11 is 8.80. The predicted octanol–water partition coefficient (Wildman–Crippen LogP) is 2.79. The largest absolute Gasteiger partial charge is 0.444 e. The number of hydrogen-bond donors (Lipinski definition) is 1. The van der Waals surface area contributed by atoms with Crippen LogP contribution in [0.15, 0.2) is 21.2 Å². The fourth-order valence-corrected chi connectivity index (χ4v) is 1.21. The molecule has 0 aliphatic rings. The standard InChI is InChI=1S/C9H11BrClNO2/c1-9(2,5-11)12-8(13)6-3-4-7(10)14-6/h3-4H,5H2,1-2H3,(H,12,13). The fourth-order valence-electron chi connectivity index (χ4n) is 0.839. The van der Waals surface area contributed by atoms with Crippen molar-refractivity contribution in [3.05, 3.63) is 22.6 Å². The predicted molar refractivity (Wildman–Crippen MR) is 58.7 cm³/mol. The number of alkyl halides is 1. The van der Waals surface area contributed by atoms with E-state index in [2.05, 4.69) is 21.2 Å². The molecule has 1 aromatic rings. The molecule has 0 aliphatic carbocycles. The summed E-state index contributed by atoms with van der Waals surface area (Å²) in [6, 6.07) is 3.27. The summed E-state index contributed by atoms with van der Waals surface area (Å²) in [5.41, 5.74) is -0.433. The van der Waals surface area contributed by atoms with Crippen molar-refractivity contribution in [3.8, 4) is 0 Å². The van der Waals surface area contributed by atoms with Crippen LogP contribution in [0, 0.1) is 0 Å². The van der Waals surface area contributed by atoms with Crippen LogP contribution in [0.4, 0.5) is 0 Å². The van der Waals surface area contributed by atoms with Crippen LogP contribution in [0.1, 0.15) is 24.4 Å². The van der Waals surface area contributed by atoms with E-state index in [1.54, 1.807) is 12.1 Å². The van der Waals surface area contributed by atoms with Crippen molar-refractivity contribution in [1.29, 1.82) is 0 Å². The third kappa shape index (κ3) is 3.03. The topological polar surface area (TPSA) is 42.2 Å². The summed E-state index contributed by atoms with van der Waals surface area (Å²) in [4.78, 5) is 11.5. The average molecular weight is 281 g/mol. The van der Waals surface area contributed by atoms with Crippen LogP contribution in [0.5, 0.6) is 0 Å². The number of carbonyl (C=O) groups is 1. The molecule has 0 radical (unpaired) electrons. The van der Waals surface area contributed by atoms with Gasteiger partial charge in [0.1, 0.15) is 0 Å². The second-order valence-electron chi connectivity index (χ2n) is 3.58. The van der Waals surface area contributed by atoms with Crippen molar-refractivity contribution in [3.63, 3.8) is 0 Å². The summed E-state index contributed by atoms with van der Waals surface area (Å²) in [5.74, 6) is 0.358. The number of furan rings is 1. The van der Waals surface area contributed by atoms with E-state index in [0.29, 0.717) is 10.5 Å². The molecule has 0 unspecified atom stereocenters. The van der Waals surface area contributed by atoms with Gasteiger partial charge in [0.05, 0.1) is 0 Å².